The molecule has 3 aromatic rings. The van der Waals surface area contributed by atoms with Crippen LogP contribution >= 0.6 is 23.4 Å². The first-order chi connectivity index (χ1) is 13.0. The van der Waals surface area contributed by atoms with Gasteiger partial charge in [0.1, 0.15) is 16.3 Å². The Balaban J connectivity index is 2.22. The third-order valence-electron chi connectivity index (χ3n) is 3.96. The lowest BCUT2D eigenvalue weighted by molar-refractivity contribution is -0.136. The summed E-state index contributed by atoms with van der Waals surface area (Å²) in [6, 6.07) is 20.8. The molecule has 0 spiro atoms. The van der Waals surface area contributed by atoms with Gasteiger partial charge in [-0.1, -0.05) is 65.8 Å². The van der Waals surface area contributed by atoms with Crippen LogP contribution in [-0.2, 0) is 4.79 Å². The maximum absolute atomic E-state index is 11.3. The molecule has 134 valence electrons. The van der Waals surface area contributed by atoms with Crippen LogP contribution in [-0.4, -0.2) is 21.3 Å². The number of aliphatic carboxylic acids is 1. The highest BCUT2D eigenvalue weighted by Crippen LogP contribution is 2.36. The molecule has 6 heteroatoms. The van der Waals surface area contributed by atoms with Gasteiger partial charge < -0.3 is 5.11 Å². The van der Waals surface area contributed by atoms with Gasteiger partial charge in [-0.25, -0.2) is 4.98 Å². The molecule has 1 N–H and O–H groups in total. The quantitative estimate of drug-likeness (QED) is 0.578. The second-order valence-electron chi connectivity index (χ2n) is 5.82. The number of hydrogen-bond donors (Lipinski definition) is 1. The summed E-state index contributed by atoms with van der Waals surface area (Å²) in [6.45, 7) is 1.58. The van der Waals surface area contributed by atoms with Gasteiger partial charge in [0.2, 0.25) is 0 Å². The fraction of sp³-hybridized carbons (Fsp3) is 0.0952. The van der Waals surface area contributed by atoms with Gasteiger partial charge in [0.15, 0.2) is 0 Å². The molecule has 0 saturated carbocycles. The lowest BCUT2D eigenvalue weighted by Crippen LogP contribution is -2.12. The second-order valence-corrected chi connectivity index (χ2v) is 7.58. The van der Waals surface area contributed by atoms with Crippen molar-refractivity contribution in [3.05, 3.63) is 71.2 Å². The zero-order valence-corrected chi connectivity index (χ0v) is 16.0. The van der Waals surface area contributed by atoms with Crippen LogP contribution in [0.25, 0.3) is 22.4 Å². The molecule has 0 bridgehead atoms. The van der Waals surface area contributed by atoms with E-state index in [9.17, 15) is 15.2 Å². The SMILES string of the molecule is CC(Sc1nc(-c2ccccc2)cc(-c2ccc(Cl)cc2)c1C#N)C(=O)O. The molecule has 1 aromatic heterocycles. The molecule has 27 heavy (non-hydrogen) atoms. The first kappa shape index (κ1) is 19.0. The van der Waals surface area contributed by atoms with Gasteiger partial charge in [-0.3, -0.25) is 4.79 Å². The molecule has 0 aliphatic heterocycles. The normalized spacial score (nSPS) is 11.6. The summed E-state index contributed by atoms with van der Waals surface area (Å²) in [7, 11) is 0. The van der Waals surface area contributed by atoms with Crippen molar-refractivity contribution in [2.24, 2.45) is 0 Å². The third-order valence-corrected chi connectivity index (χ3v) is 5.28. The Hall–Kier alpha value is -2.81. The Morgan fingerprint density at radius 3 is 2.41 bits per heavy atom. The molecule has 0 fully saturated rings. The van der Waals surface area contributed by atoms with E-state index in [4.69, 9.17) is 11.6 Å². The molecular formula is C21H15ClN2O2S. The van der Waals surface area contributed by atoms with Crippen LogP contribution in [0, 0.1) is 11.3 Å². The number of carboxylic acids is 1. The molecule has 0 amide bonds. The summed E-state index contributed by atoms with van der Waals surface area (Å²) < 4.78 is 0. The van der Waals surface area contributed by atoms with Gasteiger partial charge in [-0.05, 0) is 30.7 Å². The van der Waals surface area contributed by atoms with Gasteiger partial charge >= 0.3 is 5.97 Å². The topological polar surface area (TPSA) is 74.0 Å². The van der Waals surface area contributed by atoms with Crippen LogP contribution in [0.2, 0.25) is 5.02 Å². The van der Waals surface area contributed by atoms with Crippen molar-refractivity contribution >= 4 is 29.3 Å². The van der Waals surface area contributed by atoms with E-state index in [0.29, 0.717) is 26.9 Å². The van der Waals surface area contributed by atoms with Crippen LogP contribution in [0.5, 0.6) is 0 Å². The summed E-state index contributed by atoms with van der Waals surface area (Å²) in [5, 5.41) is 19.3. The number of carbonyl (C=O) groups is 1. The van der Waals surface area contributed by atoms with Crippen molar-refractivity contribution < 1.29 is 9.90 Å². The Morgan fingerprint density at radius 2 is 1.81 bits per heavy atom. The van der Waals surface area contributed by atoms with E-state index in [2.05, 4.69) is 11.1 Å². The molecule has 0 saturated heterocycles. The Morgan fingerprint density at radius 1 is 1.15 bits per heavy atom. The van der Waals surface area contributed by atoms with E-state index in [1.165, 1.54) is 0 Å². The van der Waals surface area contributed by atoms with Crippen molar-refractivity contribution in [3.63, 3.8) is 0 Å². The molecular weight excluding hydrogens is 380 g/mol. The Kier molecular flexibility index (Phi) is 5.80. The molecule has 0 aliphatic rings. The fourth-order valence-corrected chi connectivity index (χ4v) is 3.53. The van der Waals surface area contributed by atoms with Crippen molar-refractivity contribution in [1.29, 1.82) is 5.26 Å². The zero-order valence-electron chi connectivity index (χ0n) is 14.4. The largest absolute Gasteiger partial charge is 0.480 e. The number of nitriles is 1. The minimum absolute atomic E-state index is 0.357. The highest BCUT2D eigenvalue weighted by atomic mass is 35.5. The summed E-state index contributed by atoms with van der Waals surface area (Å²) in [6.07, 6.45) is 0. The summed E-state index contributed by atoms with van der Waals surface area (Å²) >= 11 is 7.05. The Labute approximate surface area is 166 Å². The van der Waals surface area contributed by atoms with E-state index in [0.717, 1.165) is 22.9 Å². The van der Waals surface area contributed by atoms with Crippen molar-refractivity contribution in [2.45, 2.75) is 17.2 Å². The van der Waals surface area contributed by atoms with Gasteiger partial charge in [0.05, 0.1) is 11.3 Å². The number of carboxylic acid groups (broad SMARTS) is 1. The van der Waals surface area contributed by atoms with Gasteiger partial charge in [-0.15, -0.1) is 0 Å². The number of pyridine rings is 1. The first-order valence-corrected chi connectivity index (χ1v) is 9.41. The summed E-state index contributed by atoms with van der Waals surface area (Å²) in [5.41, 5.74) is 3.44. The predicted octanol–water partition coefficient (Wildman–Crippen LogP) is 5.51. The monoisotopic (exact) mass is 394 g/mol. The zero-order chi connectivity index (χ0) is 19.4. The average molecular weight is 395 g/mol. The standard InChI is InChI=1S/C21H15ClN2O2S/c1-13(21(25)26)27-20-18(12-23)17(14-7-9-16(22)10-8-14)11-19(24-20)15-5-3-2-4-6-15/h2-11,13H,1H3,(H,25,26). The highest BCUT2D eigenvalue weighted by molar-refractivity contribution is 8.00. The minimum Gasteiger partial charge on any atom is -0.480 e. The summed E-state index contributed by atoms with van der Waals surface area (Å²) in [5.74, 6) is -0.955. The van der Waals surface area contributed by atoms with E-state index < -0.39 is 11.2 Å². The van der Waals surface area contributed by atoms with E-state index >= 15 is 0 Å². The van der Waals surface area contributed by atoms with Crippen LogP contribution in [0.15, 0.2) is 65.7 Å². The lowest BCUT2D eigenvalue weighted by atomic mass is 9.99. The van der Waals surface area contributed by atoms with Gasteiger partial charge in [-0.2, -0.15) is 5.26 Å². The fourth-order valence-electron chi connectivity index (χ4n) is 2.55. The number of hydrogen-bond acceptors (Lipinski definition) is 4. The van der Waals surface area contributed by atoms with Gasteiger partial charge in [0, 0.05) is 16.1 Å². The van der Waals surface area contributed by atoms with E-state index in [1.54, 1.807) is 19.1 Å². The van der Waals surface area contributed by atoms with Crippen LogP contribution in [0.3, 0.4) is 0 Å². The van der Waals surface area contributed by atoms with Crippen molar-refractivity contribution in [1.82, 2.24) is 4.98 Å². The number of nitrogens with zero attached hydrogens (tertiary/aromatic N) is 2. The van der Waals surface area contributed by atoms with Crippen molar-refractivity contribution in [2.75, 3.05) is 0 Å². The minimum atomic E-state index is -0.955. The van der Waals surface area contributed by atoms with Crippen molar-refractivity contribution in [3.8, 4) is 28.5 Å². The van der Waals surface area contributed by atoms with Crippen LogP contribution in [0.4, 0.5) is 0 Å². The van der Waals surface area contributed by atoms with E-state index in [1.807, 2.05) is 48.5 Å². The summed E-state index contributed by atoms with van der Waals surface area (Å²) in [4.78, 5) is 15.9. The smallest absolute Gasteiger partial charge is 0.316 e. The molecule has 0 radical (unpaired) electrons. The first-order valence-electron chi connectivity index (χ1n) is 8.15. The highest BCUT2D eigenvalue weighted by Gasteiger charge is 2.20. The molecule has 2 aromatic carbocycles. The predicted molar refractivity (Wildman–Crippen MR) is 108 cm³/mol. The number of aromatic nitrogens is 1. The van der Waals surface area contributed by atoms with E-state index in [-0.39, 0.29) is 0 Å². The van der Waals surface area contributed by atoms with Crippen LogP contribution < -0.4 is 0 Å². The lowest BCUT2D eigenvalue weighted by Gasteiger charge is -2.14. The maximum atomic E-state index is 11.3. The average Bonchev–Trinajstić information content (AvgIpc) is 2.68. The second kappa shape index (κ2) is 8.26. The molecule has 1 atom stereocenters. The number of benzene rings is 2. The molecule has 0 aliphatic carbocycles. The number of halogens is 1. The molecule has 1 unspecified atom stereocenters. The third kappa shape index (κ3) is 4.30. The molecule has 4 nitrogen and oxygen atoms in total. The maximum Gasteiger partial charge on any atom is 0.316 e. The molecule has 3 rings (SSSR count). The van der Waals surface area contributed by atoms with Gasteiger partial charge in [0.25, 0.3) is 0 Å². The Bertz CT molecular complexity index is 1010. The molecule has 1 heterocycles. The number of thioether (sulfide) groups is 1. The van der Waals surface area contributed by atoms with Crippen LogP contribution in [0.1, 0.15) is 12.5 Å². The number of rotatable bonds is 5.